The van der Waals surface area contributed by atoms with Gasteiger partial charge in [0.15, 0.2) is 5.82 Å². The van der Waals surface area contributed by atoms with E-state index in [2.05, 4.69) is 15.3 Å². The summed E-state index contributed by atoms with van der Waals surface area (Å²) < 4.78 is 60.1. The van der Waals surface area contributed by atoms with Crippen molar-refractivity contribution in [2.24, 2.45) is 10.9 Å². The molecule has 0 aliphatic carbocycles. The van der Waals surface area contributed by atoms with Crippen LogP contribution in [-0.2, 0) is 20.0 Å². The number of aromatic carboxylic acids is 1. The lowest BCUT2D eigenvalue weighted by atomic mass is 10.1. The number of thiophene rings is 2. The minimum absolute atomic E-state index is 0.00425. The Labute approximate surface area is 355 Å². The number of oxime groups is 1. The van der Waals surface area contributed by atoms with Gasteiger partial charge in [0.05, 0.1) is 4.88 Å². The molecule has 4 N–H and O–H groups in total. The Hall–Kier alpha value is -5.52. The number of aryl methyl sites for hydroxylation is 1. The van der Waals surface area contributed by atoms with Crippen LogP contribution in [0, 0.1) is 6.92 Å². The maximum Gasteiger partial charge on any atom is 0.345 e. The molecule has 0 saturated carbocycles. The summed E-state index contributed by atoms with van der Waals surface area (Å²) in [6.45, 7) is 8.43. The molecular formula is C38H44N8O10S4. The zero-order valence-electron chi connectivity index (χ0n) is 33.0. The molecule has 2 fully saturated rings. The number of carboxylic acid groups (broad SMARTS) is 1. The highest BCUT2D eigenvalue weighted by molar-refractivity contribution is 7.91. The molecule has 22 heteroatoms. The number of amides is 2. The highest BCUT2D eigenvalue weighted by Crippen LogP contribution is 2.33. The van der Waals surface area contributed by atoms with Gasteiger partial charge >= 0.3 is 5.97 Å². The van der Waals surface area contributed by atoms with Crippen LogP contribution in [-0.4, -0.2) is 131 Å². The molecule has 3 aromatic heterocycles. The number of sulfonamides is 2. The molecule has 2 atom stereocenters. The fraction of sp³-hybridized carbons (Fsp3) is 0.316. The number of hydrogen-bond donors (Lipinski definition) is 3. The van der Waals surface area contributed by atoms with Crippen molar-refractivity contribution in [3.05, 3.63) is 107 Å². The Morgan fingerprint density at radius 1 is 0.750 bits per heavy atom. The topological polar surface area (TPSA) is 250 Å². The molecular weight excluding hydrogens is 857 g/mol. The molecule has 5 heterocycles. The van der Waals surface area contributed by atoms with E-state index in [4.69, 9.17) is 20.6 Å². The molecule has 0 spiro atoms. The third-order valence-corrected chi connectivity index (χ3v) is 16.3. The van der Waals surface area contributed by atoms with Crippen LogP contribution in [0.25, 0.3) is 10.8 Å². The van der Waals surface area contributed by atoms with E-state index in [-0.39, 0.29) is 63.2 Å². The van der Waals surface area contributed by atoms with E-state index < -0.39 is 32.1 Å². The van der Waals surface area contributed by atoms with E-state index in [1.54, 1.807) is 72.2 Å². The van der Waals surface area contributed by atoms with Gasteiger partial charge in [-0.2, -0.15) is 13.6 Å². The number of piperazine rings is 2. The monoisotopic (exact) mass is 900 g/mol. The quantitative estimate of drug-likeness (QED) is 0.0848. The lowest BCUT2D eigenvalue weighted by Crippen LogP contribution is -2.55. The summed E-state index contributed by atoms with van der Waals surface area (Å²) in [5.74, 6) is -0.378. The smallest absolute Gasteiger partial charge is 0.345 e. The summed E-state index contributed by atoms with van der Waals surface area (Å²) in [6.07, 6.45) is 0. The molecule has 2 amide bonds. The van der Waals surface area contributed by atoms with E-state index in [1.807, 2.05) is 31.2 Å². The van der Waals surface area contributed by atoms with Crippen LogP contribution < -0.4 is 5.73 Å². The van der Waals surface area contributed by atoms with Gasteiger partial charge in [0, 0.05) is 62.5 Å². The summed E-state index contributed by atoms with van der Waals surface area (Å²) >= 11 is 1.84. The second kappa shape index (κ2) is 19.7. The fourth-order valence-electron chi connectivity index (χ4n) is 6.27. The van der Waals surface area contributed by atoms with Crippen molar-refractivity contribution in [1.29, 1.82) is 0 Å². The molecule has 2 aliphatic rings. The second-order valence-corrected chi connectivity index (χ2v) is 20.0. The van der Waals surface area contributed by atoms with Gasteiger partial charge in [0.2, 0.25) is 0 Å². The van der Waals surface area contributed by atoms with E-state index in [1.165, 1.54) is 27.7 Å². The minimum atomic E-state index is -3.79. The fourth-order valence-corrected chi connectivity index (χ4v) is 12.1. The van der Waals surface area contributed by atoms with Crippen molar-refractivity contribution in [3.8, 4) is 10.8 Å². The summed E-state index contributed by atoms with van der Waals surface area (Å²) in [4.78, 5) is 44.3. The van der Waals surface area contributed by atoms with Gasteiger partial charge in [-0.1, -0.05) is 46.7 Å². The molecule has 0 bridgehead atoms. The van der Waals surface area contributed by atoms with Gasteiger partial charge in [-0.25, -0.2) is 21.6 Å². The van der Waals surface area contributed by atoms with Crippen molar-refractivity contribution in [1.82, 2.24) is 28.6 Å². The average molecular weight is 901 g/mol. The predicted octanol–water partition coefficient (Wildman–Crippen LogP) is 4.38. The van der Waals surface area contributed by atoms with Gasteiger partial charge in [-0.3, -0.25) is 9.59 Å². The number of nitrogens with two attached hydrogens (primary N) is 1. The summed E-state index contributed by atoms with van der Waals surface area (Å²) in [6, 6.07) is 23.0. The van der Waals surface area contributed by atoms with E-state index in [9.17, 15) is 31.2 Å². The number of hydrogen-bond acceptors (Lipinski definition) is 14. The summed E-state index contributed by atoms with van der Waals surface area (Å²) in [5.41, 5.74) is 5.97. The SMILES string of the molecule is C/C(N)=N/O.CC1CN(C(=O)c2ccccc2)CCN1S(=O)(=O)c1ccc(C(=O)O)s1.Cc1noc(-c2ccc(S(=O)(=O)N3CCN(C(=O)c4ccccc4)CC3C)s2)n1. The largest absolute Gasteiger partial charge is 0.477 e. The first kappa shape index (κ1) is 45.6. The molecule has 5 aromatic rings. The molecule has 2 aromatic carbocycles. The zero-order chi connectivity index (χ0) is 43.8. The van der Waals surface area contributed by atoms with Crippen LogP contribution in [0.5, 0.6) is 0 Å². The van der Waals surface area contributed by atoms with Gasteiger partial charge in [-0.15, -0.1) is 22.7 Å². The molecule has 7 rings (SSSR count). The molecule has 60 heavy (non-hydrogen) atoms. The number of benzene rings is 2. The Balaban J connectivity index is 0.000000206. The Kier molecular flexibility index (Phi) is 15.0. The van der Waals surface area contributed by atoms with Gasteiger partial charge < -0.3 is 30.4 Å². The number of aromatic nitrogens is 2. The maximum atomic E-state index is 13.2. The summed E-state index contributed by atoms with van der Waals surface area (Å²) in [7, 11) is -7.47. The number of nitrogens with zero attached hydrogens (tertiary/aromatic N) is 7. The van der Waals surface area contributed by atoms with Crippen LogP contribution in [0.1, 0.15) is 57.0 Å². The lowest BCUT2D eigenvalue weighted by Gasteiger charge is -2.38. The standard InChI is InChI=1S/C19H20N4O4S2.C17H18N2O5S2.C2H6N2O/c1-13-12-22(19(24)15-6-4-3-5-7-15)10-11-23(13)29(25,26)17-9-8-16(28-17)18-20-14(2)21-27-18;1-12-11-18(16(20)13-5-3-2-4-6-13)9-10-19(12)26(23,24)15-8-7-14(25-15)17(21)22;1-2(3)4-5/h3-9,13H,10-12H2,1-2H3;2-8,12H,9-11H2,1H3,(H,21,22);5H,1H3,(H2,3,4). The Bertz CT molecular complexity index is 2520. The second-order valence-electron chi connectivity index (χ2n) is 13.6. The third-order valence-electron chi connectivity index (χ3n) is 9.14. The van der Waals surface area contributed by atoms with Crippen LogP contribution in [0.15, 0.2) is 103 Å². The predicted molar refractivity (Wildman–Crippen MR) is 224 cm³/mol. The molecule has 0 radical (unpaired) electrons. The van der Waals surface area contributed by atoms with E-state index >= 15 is 0 Å². The number of carbonyl (C=O) groups excluding carboxylic acids is 2. The molecule has 2 saturated heterocycles. The molecule has 2 unspecified atom stereocenters. The van der Waals surface area contributed by atoms with Crippen LogP contribution in [0.4, 0.5) is 0 Å². The normalized spacial score (nSPS) is 17.8. The highest BCUT2D eigenvalue weighted by atomic mass is 32.3. The van der Waals surface area contributed by atoms with E-state index in [0.29, 0.717) is 40.8 Å². The minimum Gasteiger partial charge on any atom is -0.477 e. The number of carboxylic acids is 1. The van der Waals surface area contributed by atoms with Crippen molar-refractivity contribution in [2.75, 3.05) is 39.3 Å². The van der Waals surface area contributed by atoms with Crippen molar-refractivity contribution in [2.45, 2.75) is 48.2 Å². The van der Waals surface area contributed by atoms with Gasteiger partial charge in [0.25, 0.3) is 37.8 Å². The van der Waals surface area contributed by atoms with Crippen LogP contribution in [0.2, 0.25) is 0 Å². The zero-order valence-corrected chi connectivity index (χ0v) is 36.2. The third kappa shape index (κ3) is 10.8. The Morgan fingerprint density at radius 3 is 1.58 bits per heavy atom. The molecule has 18 nitrogen and oxygen atoms in total. The Morgan fingerprint density at radius 2 is 1.20 bits per heavy atom. The van der Waals surface area contributed by atoms with Crippen molar-refractivity contribution < 1.29 is 46.1 Å². The number of carbonyl (C=O) groups is 3. The van der Waals surface area contributed by atoms with Crippen LogP contribution >= 0.6 is 22.7 Å². The number of rotatable bonds is 8. The van der Waals surface area contributed by atoms with Crippen LogP contribution in [0.3, 0.4) is 0 Å². The van der Waals surface area contributed by atoms with Crippen molar-refractivity contribution in [3.63, 3.8) is 0 Å². The highest BCUT2D eigenvalue weighted by Gasteiger charge is 2.38. The van der Waals surface area contributed by atoms with Gasteiger partial charge in [-0.05, 0) is 76.2 Å². The summed E-state index contributed by atoms with van der Waals surface area (Å²) in [5, 5.41) is 22.9. The number of amidine groups is 1. The molecule has 320 valence electrons. The van der Waals surface area contributed by atoms with Crippen molar-refractivity contribution >= 4 is 66.3 Å². The first-order valence-electron chi connectivity index (χ1n) is 18.3. The van der Waals surface area contributed by atoms with Gasteiger partial charge in [0.1, 0.15) is 19.1 Å². The first-order chi connectivity index (χ1) is 28.4. The maximum absolute atomic E-state index is 13.2. The van der Waals surface area contributed by atoms with E-state index in [0.717, 1.165) is 22.7 Å². The molecule has 2 aliphatic heterocycles. The lowest BCUT2D eigenvalue weighted by molar-refractivity contribution is 0.0637. The first-order valence-corrected chi connectivity index (χ1v) is 22.9. The average Bonchev–Trinajstić information content (AvgIpc) is 4.04.